The second-order valence-corrected chi connectivity index (χ2v) is 5.14. The average molecular weight is 303 g/mol. The van der Waals surface area contributed by atoms with E-state index in [2.05, 4.69) is 10.1 Å². The Labute approximate surface area is 119 Å². The number of amides is 1. The van der Waals surface area contributed by atoms with Crippen molar-refractivity contribution < 1.29 is 23.1 Å². The molecule has 7 heteroatoms. The van der Waals surface area contributed by atoms with Crippen LogP contribution in [0.1, 0.15) is 6.92 Å². The van der Waals surface area contributed by atoms with Crippen molar-refractivity contribution in [2.75, 3.05) is 23.9 Å². The molecule has 0 bridgehead atoms. The SMILES string of the molecule is COC(=O)C(C)CSCC(=O)Nc1ccc(F)cc1F. The molecule has 1 atom stereocenters. The van der Waals surface area contributed by atoms with Crippen molar-refractivity contribution in [2.45, 2.75) is 6.92 Å². The molecule has 110 valence electrons. The second kappa shape index (κ2) is 7.84. The summed E-state index contributed by atoms with van der Waals surface area (Å²) in [4.78, 5) is 22.7. The lowest BCUT2D eigenvalue weighted by molar-refractivity contribution is -0.144. The molecule has 1 amide bonds. The number of nitrogens with one attached hydrogen (secondary N) is 1. The Kier molecular flexibility index (Phi) is 6.44. The molecule has 1 aromatic carbocycles. The largest absolute Gasteiger partial charge is 0.469 e. The first-order chi connectivity index (χ1) is 9.43. The van der Waals surface area contributed by atoms with Crippen molar-refractivity contribution in [3.63, 3.8) is 0 Å². The number of anilines is 1. The van der Waals surface area contributed by atoms with Gasteiger partial charge in [-0.2, -0.15) is 11.8 Å². The summed E-state index contributed by atoms with van der Waals surface area (Å²) in [5.74, 6) is -2.13. The molecule has 0 heterocycles. The Morgan fingerprint density at radius 2 is 2.10 bits per heavy atom. The van der Waals surface area contributed by atoms with Gasteiger partial charge in [0, 0.05) is 11.8 Å². The van der Waals surface area contributed by atoms with Crippen LogP contribution >= 0.6 is 11.8 Å². The fraction of sp³-hybridized carbons (Fsp3) is 0.385. The third-order valence-electron chi connectivity index (χ3n) is 2.41. The highest BCUT2D eigenvalue weighted by molar-refractivity contribution is 8.00. The summed E-state index contributed by atoms with van der Waals surface area (Å²) < 4.78 is 30.5. The fourth-order valence-corrected chi connectivity index (χ4v) is 2.24. The molecular weight excluding hydrogens is 288 g/mol. The molecule has 1 aromatic rings. The molecule has 0 aliphatic heterocycles. The van der Waals surface area contributed by atoms with Crippen LogP contribution < -0.4 is 5.32 Å². The number of ether oxygens (including phenoxy) is 1. The summed E-state index contributed by atoms with van der Waals surface area (Å²) in [7, 11) is 1.30. The Morgan fingerprint density at radius 3 is 2.70 bits per heavy atom. The van der Waals surface area contributed by atoms with Gasteiger partial charge in [0.05, 0.1) is 24.5 Å². The first-order valence-electron chi connectivity index (χ1n) is 5.84. The van der Waals surface area contributed by atoms with Crippen LogP contribution in [0.4, 0.5) is 14.5 Å². The standard InChI is InChI=1S/C13H15F2NO3S/c1-8(13(18)19-2)6-20-7-12(17)16-11-4-3-9(14)5-10(11)15/h3-5,8H,6-7H2,1-2H3,(H,16,17). The Bertz CT molecular complexity index is 497. The molecule has 0 radical (unpaired) electrons. The number of rotatable bonds is 6. The number of benzene rings is 1. The van der Waals surface area contributed by atoms with Gasteiger partial charge in [0.1, 0.15) is 11.6 Å². The normalized spacial score (nSPS) is 11.8. The minimum absolute atomic E-state index is 0.0676. The maximum atomic E-state index is 13.3. The van der Waals surface area contributed by atoms with Gasteiger partial charge in [0.15, 0.2) is 0 Å². The second-order valence-electron chi connectivity index (χ2n) is 4.11. The number of carbonyl (C=O) groups excluding carboxylic acids is 2. The first kappa shape index (κ1) is 16.4. The summed E-state index contributed by atoms with van der Waals surface area (Å²) in [6.07, 6.45) is 0. The van der Waals surface area contributed by atoms with Gasteiger partial charge in [0.2, 0.25) is 5.91 Å². The number of esters is 1. The minimum Gasteiger partial charge on any atom is -0.469 e. The molecule has 0 spiro atoms. The predicted molar refractivity (Wildman–Crippen MR) is 73.5 cm³/mol. The highest BCUT2D eigenvalue weighted by atomic mass is 32.2. The Morgan fingerprint density at radius 1 is 1.40 bits per heavy atom. The van der Waals surface area contributed by atoms with E-state index >= 15 is 0 Å². The van der Waals surface area contributed by atoms with Crippen molar-refractivity contribution in [2.24, 2.45) is 5.92 Å². The van der Waals surface area contributed by atoms with Gasteiger partial charge in [0.25, 0.3) is 0 Å². The van der Waals surface area contributed by atoms with Crippen LogP contribution in [0.2, 0.25) is 0 Å². The first-order valence-corrected chi connectivity index (χ1v) is 7.00. The molecule has 1 N–H and O–H groups in total. The topological polar surface area (TPSA) is 55.4 Å². The van der Waals surface area contributed by atoms with E-state index in [4.69, 9.17) is 0 Å². The predicted octanol–water partition coefficient (Wildman–Crippen LogP) is 2.45. The summed E-state index contributed by atoms with van der Waals surface area (Å²) in [6, 6.07) is 2.91. The van der Waals surface area contributed by atoms with Crippen molar-refractivity contribution in [3.05, 3.63) is 29.8 Å². The lowest BCUT2D eigenvalue weighted by Crippen LogP contribution is -2.19. The van der Waals surface area contributed by atoms with Crippen molar-refractivity contribution in [3.8, 4) is 0 Å². The zero-order valence-electron chi connectivity index (χ0n) is 11.1. The molecular formula is C13H15F2NO3S. The highest BCUT2D eigenvalue weighted by Gasteiger charge is 2.14. The van der Waals surface area contributed by atoms with Gasteiger partial charge in [-0.25, -0.2) is 8.78 Å². The quantitative estimate of drug-likeness (QED) is 0.820. The molecule has 0 aromatic heterocycles. The Hall–Kier alpha value is -1.63. The smallest absolute Gasteiger partial charge is 0.309 e. The Balaban J connectivity index is 2.39. The minimum atomic E-state index is -0.828. The number of thioether (sulfide) groups is 1. The third-order valence-corrected chi connectivity index (χ3v) is 3.61. The average Bonchev–Trinajstić information content (AvgIpc) is 2.41. The molecule has 0 saturated heterocycles. The zero-order chi connectivity index (χ0) is 15.1. The van der Waals surface area contributed by atoms with E-state index in [9.17, 15) is 18.4 Å². The van der Waals surface area contributed by atoms with E-state index in [-0.39, 0.29) is 23.3 Å². The van der Waals surface area contributed by atoms with Gasteiger partial charge in [-0.05, 0) is 12.1 Å². The molecule has 20 heavy (non-hydrogen) atoms. The van der Waals surface area contributed by atoms with E-state index in [1.807, 2.05) is 0 Å². The number of carbonyl (C=O) groups is 2. The number of hydrogen-bond donors (Lipinski definition) is 1. The number of hydrogen-bond acceptors (Lipinski definition) is 4. The van der Waals surface area contributed by atoms with Crippen LogP contribution in [0.5, 0.6) is 0 Å². The fourth-order valence-electron chi connectivity index (χ4n) is 1.37. The van der Waals surface area contributed by atoms with E-state index < -0.39 is 17.5 Å². The third kappa shape index (κ3) is 5.16. The van der Waals surface area contributed by atoms with Gasteiger partial charge in [-0.3, -0.25) is 9.59 Å². The van der Waals surface area contributed by atoms with Crippen molar-refractivity contribution in [1.29, 1.82) is 0 Å². The monoisotopic (exact) mass is 303 g/mol. The van der Waals surface area contributed by atoms with Gasteiger partial charge >= 0.3 is 5.97 Å². The molecule has 0 fully saturated rings. The molecule has 1 unspecified atom stereocenters. The number of methoxy groups -OCH3 is 1. The van der Waals surface area contributed by atoms with Crippen molar-refractivity contribution in [1.82, 2.24) is 0 Å². The molecule has 1 rings (SSSR count). The molecule has 0 saturated carbocycles. The summed E-state index contributed by atoms with van der Waals surface area (Å²) in [5, 5.41) is 2.34. The van der Waals surface area contributed by atoms with Crippen LogP contribution in [0.25, 0.3) is 0 Å². The van der Waals surface area contributed by atoms with Gasteiger partial charge in [-0.1, -0.05) is 6.92 Å². The van der Waals surface area contributed by atoms with E-state index in [0.717, 1.165) is 12.1 Å². The van der Waals surface area contributed by atoms with E-state index in [0.29, 0.717) is 11.8 Å². The van der Waals surface area contributed by atoms with Crippen LogP contribution in [0, 0.1) is 17.6 Å². The van der Waals surface area contributed by atoms with Gasteiger partial charge < -0.3 is 10.1 Å². The van der Waals surface area contributed by atoms with E-state index in [1.165, 1.54) is 18.9 Å². The maximum absolute atomic E-state index is 13.3. The zero-order valence-corrected chi connectivity index (χ0v) is 11.9. The summed E-state index contributed by atoms with van der Waals surface area (Å²) in [6.45, 7) is 1.69. The summed E-state index contributed by atoms with van der Waals surface area (Å²) in [5.41, 5.74) is -0.0713. The lowest BCUT2D eigenvalue weighted by atomic mass is 10.2. The molecule has 0 aliphatic carbocycles. The van der Waals surface area contributed by atoms with Crippen LogP contribution in [0.3, 0.4) is 0 Å². The lowest BCUT2D eigenvalue weighted by Gasteiger charge is -2.09. The van der Waals surface area contributed by atoms with E-state index in [1.54, 1.807) is 6.92 Å². The molecule has 4 nitrogen and oxygen atoms in total. The number of halogens is 2. The van der Waals surface area contributed by atoms with Crippen LogP contribution in [-0.2, 0) is 14.3 Å². The van der Waals surface area contributed by atoms with Crippen LogP contribution in [-0.4, -0.2) is 30.5 Å². The maximum Gasteiger partial charge on any atom is 0.309 e. The highest BCUT2D eigenvalue weighted by Crippen LogP contribution is 2.16. The summed E-state index contributed by atoms with van der Waals surface area (Å²) >= 11 is 1.23. The molecule has 0 aliphatic rings. The van der Waals surface area contributed by atoms with Crippen molar-refractivity contribution >= 4 is 29.3 Å². The van der Waals surface area contributed by atoms with Gasteiger partial charge in [-0.15, -0.1) is 0 Å². The van der Waals surface area contributed by atoms with Crippen LogP contribution in [0.15, 0.2) is 18.2 Å².